The second kappa shape index (κ2) is 8.88. The van der Waals surface area contributed by atoms with Crippen molar-refractivity contribution in [1.82, 2.24) is 4.90 Å². The molecular weight excluding hydrogens is 392 g/mol. The number of hydrogen-bond acceptors (Lipinski definition) is 5. The van der Waals surface area contributed by atoms with Crippen LogP contribution in [0.15, 0.2) is 53.5 Å². The van der Waals surface area contributed by atoms with Crippen LogP contribution in [-0.4, -0.2) is 28.3 Å². The van der Waals surface area contributed by atoms with Gasteiger partial charge in [-0.15, -0.1) is 0 Å². The minimum atomic E-state index is -0.838. The Hall–Kier alpha value is -3.86. The lowest BCUT2D eigenvalue weighted by Crippen LogP contribution is -2.43. The Labute approximate surface area is 181 Å². The molecule has 3 rings (SSSR count). The van der Waals surface area contributed by atoms with E-state index in [1.165, 1.54) is 4.90 Å². The third-order valence-corrected chi connectivity index (χ3v) is 4.95. The van der Waals surface area contributed by atoms with Gasteiger partial charge in [0.15, 0.2) is 5.96 Å². The van der Waals surface area contributed by atoms with Crippen molar-refractivity contribution < 1.29 is 9.59 Å². The van der Waals surface area contributed by atoms with Crippen LogP contribution >= 0.6 is 0 Å². The van der Waals surface area contributed by atoms with E-state index in [2.05, 4.69) is 15.6 Å². The fraction of sp³-hybridized carbons (Fsp3) is 0.304. The zero-order chi connectivity index (χ0) is 22.6. The molecule has 0 fully saturated rings. The van der Waals surface area contributed by atoms with Gasteiger partial charge < -0.3 is 16.4 Å². The SMILES string of the molecule is CC(C)CC1(C)N=C(N)N(Cc2cccc(NC(=O)Nc3ccc(C#N)cc3)c2)C1=O. The summed E-state index contributed by atoms with van der Waals surface area (Å²) in [6.45, 7) is 6.18. The van der Waals surface area contributed by atoms with Crippen LogP contribution in [-0.2, 0) is 11.3 Å². The smallest absolute Gasteiger partial charge is 0.323 e. The van der Waals surface area contributed by atoms with Crippen molar-refractivity contribution in [2.24, 2.45) is 16.6 Å². The summed E-state index contributed by atoms with van der Waals surface area (Å²) in [6, 6.07) is 15.4. The van der Waals surface area contributed by atoms with Crippen molar-refractivity contribution in [3.8, 4) is 6.07 Å². The molecule has 0 radical (unpaired) electrons. The van der Waals surface area contributed by atoms with Crippen LogP contribution in [0.5, 0.6) is 0 Å². The van der Waals surface area contributed by atoms with Gasteiger partial charge in [0, 0.05) is 11.4 Å². The predicted molar refractivity (Wildman–Crippen MR) is 120 cm³/mol. The molecule has 0 bridgehead atoms. The van der Waals surface area contributed by atoms with E-state index in [1.807, 2.05) is 32.9 Å². The van der Waals surface area contributed by atoms with E-state index in [0.29, 0.717) is 29.3 Å². The first kappa shape index (κ1) is 21.8. The first-order chi connectivity index (χ1) is 14.7. The number of anilines is 2. The summed E-state index contributed by atoms with van der Waals surface area (Å²) in [5.74, 6) is 0.410. The van der Waals surface area contributed by atoms with Gasteiger partial charge in [0.25, 0.3) is 5.91 Å². The maximum atomic E-state index is 12.9. The number of rotatable bonds is 6. The Bertz CT molecular complexity index is 1050. The van der Waals surface area contributed by atoms with Crippen LogP contribution in [0.3, 0.4) is 0 Å². The topological polar surface area (TPSA) is 124 Å². The van der Waals surface area contributed by atoms with Gasteiger partial charge in [-0.3, -0.25) is 9.69 Å². The molecule has 8 nitrogen and oxygen atoms in total. The van der Waals surface area contributed by atoms with Crippen molar-refractivity contribution >= 4 is 29.3 Å². The molecule has 0 aromatic heterocycles. The van der Waals surface area contributed by atoms with Crippen molar-refractivity contribution in [2.75, 3.05) is 10.6 Å². The van der Waals surface area contributed by atoms with Gasteiger partial charge in [0.2, 0.25) is 0 Å². The maximum absolute atomic E-state index is 12.9. The van der Waals surface area contributed by atoms with E-state index in [1.54, 1.807) is 42.5 Å². The number of nitrogens with two attached hydrogens (primary N) is 1. The van der Waals surface area contributed by atoms with Crippen LogP contribution in [0.1, 0.15) is 38.3 Å². The monoisotopic (exact) mass is 418 g/mol. The summed E-state index contributed by atoms with van der Waals surface area (Å²) < 4.78 is 0. The third kappa shape index (κ3) is 5.20. The summed E-state index contributed by atoms with van der Waals surface area (Å²) in [7, 11) is 0. The number of amides is 3. The van der Waals surface area contributed by atoms with E-state index in [4.69, 9.17) is 11.0 Å². The van der Waals surface area contributed by atoms with E-state index < -0.39 is 11.6 Å². The zero-order valence-electron chi connectivity index (χ0n) is 17.8. The molecule has 160 valence electrons. The van der Waals surface area contributed by atoms with Crippen LogP contribution < -0.4 is 16.4 Å². The van der Waals surface area contributed by atoms with Crippen LogP contribution in [0.25, 0.3) is 0 Å². The van der Waals surface area contributed by atoms with Crippen LogP contribution in [0.2, 0.25) is 0 Å². The fourth-order valence-corrected chi connectivity index (χ4v) is 3.69. The second-order valence-electron chi connectivity index (χ2n) is 8.20. The lowest BCUT2D eigenvalue weighted by Gasteiger charge is -2.23. The molecule has 3 amide bonds. The molecule has 1 unspecified atom stereocenters. The summed E-state index contributed by atoms with van der Waals surface area (Å²) in [4.78, 5) is 31.1. The number of hydrogen-bond donors (Lipinski definition) is 3. The lowest BCUT2D eigenvalue weighted by atomic mass is 9.91. The predicted octanol–water partition coefficient (Wildman–Crippen LogP) is 3.66. The van der Waals surface area contributed by atoms with Crippen LogP contribution in [0.4, 0.5) is 16.2 Å². The molecule has 2 aromatic rings. The summed E-state index contributed by atoms with van der Waals surface area (Å²) >= 11 is 0. The standard InChI is InChI=1S/C23H26N6O2/c1-15(2)12-23(3)20(30)29(21(25)28-23)14-17-5-4-6-19(11-17)27-22(31)26-18-9-7-16(13-24)8-10-18/h4-11,15H,12,14H2,1-3H3,(H2,25,28)(H2,26,27,31). The third-order valence-electron chi connectivity index (χ3n) is 4.95. The van der Waals surface area contributed by atoms with Gasteiger partial charge in [0.05, 0.1) is 18.2 Å². The van der Waals surface area contributed by atoms with Crippen molar-refractivity contribution in [1.29, 1.82) is 5.26 Å². The Morgan fingerprint density at radius 3 is 2.52 bits per heavy atom. The van der Waals surface area contributed by atoms with Crippen molar-refractivity contribution in [2.45, 2.75) is 39.3 Å². The number of nitrogens with zero attached hydrogens (tertiary/aromatic N) is 3. The lowest BCUT2D eigenvalue weighted by molar-refractivity contribution is -0.131. The highest BCUT2D eigenvalue weighted by atomic mass is 16.2. The maximum Gasteiger partial charge on any atom is 0.323 e. The van der Waals surface area contributed by atoms with Gasteiger partial charge >= 0.3 is 6.03 Å². The highest BCUT2D eigenvalue weighted by Gasteiger charge is 2.44. The number of benzene rings is 2. The number of guanidine groups is 1. The number of nitrogens with one attached hydrogen (secondary N) is 2. The van der Waals surface area contributed by atoms with E-state index >= 15 is 0 Å². The number of carbonyl (C=O) groups excluding carboxylic acids is 2. The normalized spacial score (nSPS) is 18.0. The molecule has 2 aromatic carbocycles. The minimum absolute atomic E-state index is 0.115. The molecule has 4 N–H and O–H groups in total. The molecule has 31 heavy (non-hydrogen) atoms. The molecule has 0 aliphatic carbocycles. The van der Waals surface area contributed by atoms with E-state index in [0.717, 1.165) is 5.56 Å². The number of urea groups is 1. The Kier molecular flexibility index (Phi) is 6.25. The Morgan fingerprint density at radius 1 is 1.19 bits per heavy atom. The number of aliphatic imine (C=N–C) groups is 1. The molecule has 1 aliphatic rings. The average molecular weight is 419 g/mol. The van der Waals surface area contributed by atoms with Crippen LogP contribution in [0, 0.1) is 17.2 Å². The first-order valence-corrected chi connectivity index (χ1v) is 10.0. The highest BCUT2D eigenvalue weighted by molar-refractivity contribution is 6.06. The quantitative estimate of drug-likeness (QED) is 0.662. The molecule has 0 saturated heterocycles. The van der Waals surface area contributed by atoms with E-state index in [9.17, 15) is 9.59 Å². The molecule has 0 saturated carbocycles. The number of nitriles is 1. The Balaban J connectivity index is 1.65. The van der Waals surface area contributed by atoms with Crippen molar-refractivity contribution in [3.05, 3.63) is 59.7 Å². The molecular formula is C23H26N6O2. The molecule has 1 atom stereocenters. The van der Waals surface area contributed by atoms with Gasteiger partial charge in [-0.25, -0.2) is 9.79 Å². The minimum Gasteiger partial charge on any atom is -0.369 e. The van der Waals surface area contributed by atoms with Gasteiger partial charge in [-0.05, 0) is 61.2 Å². The highest BCUT2D eigenvalue weighted by Crippen LogP contribution is 2.29. The molecule has 0 spiro atoms. The van der Waals surface area contributed by atoms with Crippen molar-refractivity contribution in [3.63, 3.8) is 0 Å². The first-order valence-electron chi connectivity index (χ1n) is 10.0. The molecule has 1 aliphatic heterocycles. The summed E-state index contributed by atoms with van der Waals surface area (Å²) in [6.07, 6.45) is 0.625. The average Bonchev–Trinajstić information content (AvgIpc) is 2.91. The summed E-state index contributed by atoms with van der Waals surface area (Å²) in [5.41, 5.74) is 7.70. The Morgan fingerprint density at radius 2 is 1.87 bits per heavy atom. The van der Waals surface area contributed by atoms with Gasteiger partial charge in [-0.2, -0.15) is 5.26 Å². The molecule has 8 heteroatoms. The van der Waals surface area contributed by atoms with E-state index in [-0.39, 0.29) is 18.4 Å². The van der Waals surface area contributed by atoms with Gasteiger partial charge in [-0.1, -0.05) is 26.0 Å². The van der Waals surface area contributed by atoms with Gasteiger partial charge in [0.1, 0.15) is 5.54 Å². The fourth-order valence-electron chi connectivity index (χ4n) is 3.69. The second-order valence-corrected chi connectivity index (χ2v) is 8.20. The zero-order valence-corrected chi connectivity index (χ0v) is 17.8. The number of carbonyl (C=O) groups is 2. The molecule has 1 heterocycles. The summed E-state index contributed by atoms with van der Waals surface area (Å²) in [5, 5.41) is 14.3. The largest absolute Gasteiger partial charge is 0.369 e.